The van der Waals surface area contributed by atoms with Gasteiger partial charge >= 0.3 is 0 Å². The first-order valence-corrected chi connectivity index (χ1v) is 14.4. The van der Waals surface area contributed by atoms with Gasteiger partial charge in [-0.05, 0) is 72.2 Å². The van der Waals surface area contributed by atoms with E-state index in [-0.39, 0.29) is 42.3 Å². The number of halogens is 2. The van der Waals surface area contributed by atoms with E-state index < -0.39 is 18.1 Å². The van der Waals surface area contributed by atoms with Gasteiger partial charge in [0, 0.05) is 36.3 Å². The second kappa shape index (κ2) is 10.6. The van der Waals surface area contributed by atoms with Crippen molar-refractivity contribution in [3.05, 3.63) is 58.5 Å². The van der Waals surface area contributed by atoms with E-state index in [1.165, 1.54) is 11.6 Å². The number of piperidine rings is 1. The fourth-order valence-electron chi connectivity index (χ4n) is 5.94. The highest BCUT2D eigenvalue weighted by Crippen LogP contribution is 2.61. The number of ketones is 1. The zero-order valence-corrected chi connectivity index (χ0v) is 24.9. The number of fused-ring (bicyclic) bond motifs is 2. The molecule has 1 aliphatic carbocycles. The van der Waals surface area contributed by atoms with Gasteiger partial charge < -0.3 is 10.2 Å². The maximum absolute atomic E-state index is 13.9. The summed E-state index contributed by atoms with van der Waals surface area (Å²) < 4.78 is 15.5. The number of carbonyl (C=O) groups excluding carboxylic acids is 3. The smallest absolute Gasteiger partial charge is 0.248 e. The largest absolute Gasteiger partial charge is 0.325 e. The molecule has 42 heavy (non-hydrogen) atoms. The third-order valence-corrected chi connectivity index (χ3v) is 8.68. The number of hydrogen-bond acceptors (Lipinski definition) is 8. The van der Waals surface area contributed by atoms with Crippen LogP contribution in [0.5, 0.6) is 0 Å². The first-order chi connectivity index (χ1) is 20.1. The number of nitrogens with one attached hydrogen (secondary N) is 1. The Morgan fingerprint density at radius 2 is 1.88 bits per heavy atom. The summed E-state index contributed by atoms with van der Waals surface area (Å²) in [4.78, 5) is 58.8. The fraction of sp³-hybridized carbons (Fsp3) is 0.379. The molecular formula is C29H28BrFN8O3. The molecule has 4 aromatic heterocycles. The molecule has 3 atom stereocenters. The lowest BCUT2D eigenvalue weighted by Crippen LogP contribution is -2.47. The molecule has 1 aliphatic heterocycles. The Morgan fingerprint density at radius 1 is 1.12 bits per heavy atom. The van der Waals surface area contributed by atoms with Gasteiger partial charge in [-0.15, -0.1) is 0 Å². The number of anilines is 1. The van der Waals surface area contributed by atoms with Crippen LogP contribution in [0.2, 0.25) is 0 Å². The molecule has 1 saturated heterocycles. The summed E-state index contributed by atoms with van der Waals surface area (Å²) in [5, 5.41) is 7.88. The molecule has 216 valence electrons. The van der Waals surface area contributed by atoms with Gasteiger partial charge in [0.05, 0.1) is 24.1 Å². The Labute approximate surface area is 249 Å². The molecule has 1 N–H and O–H groups in total. The maximum Gasteiger partial charge on any atom is 0.248 e. The monoisotopic (exact) mass is 634 g/mol. The van der Waals surface area contributed by atoms with Crippen molar-refractivity contribution in [1.82, 2.24) is 34.6 Å². The zero-order chi connectivity index (χ0) is 29.8. The molecule has 0 spiro atoms. The van der Waals surface area contributed by atoms with Gasteiger partial charge in [0.15, 0.2) is 5.78 Å². The SMILES string of the molecule is CC(=O)c1nn(CC(=O)N2[C@H](C(=O)Nc3nc(Br)ccc3C)C[C@@]3(CCF)C[C@@H]23)c2cnc(-c3cnc(C)nc3)cc12. The van der Waals surface area contributed by atoms with Crippen LogP contribution >= 0.6 is 15.9 Å². The Kier molecular flexibility index (Phi) is 7.08. The molecule has 0 radical (unpaired) electrons. The summed E-state index contributed by atoms with van der Waals surface area (Å²) in [5.74, 6) is 0.0466. The number of aromatic nitrogens is 6. The van der Waals surface area contributed by atoms with E-state index >= 15 is 0 Å². The Bertz CT molecular complexity index is 1740. The molecule has 0 bridgehead atoms. The molecule has 2 aliphatic rings. The molecule has 0 aromatic carbocycles. The van der Waals surface area contributed by atoms with Crippen LogP contribution in [0.15, 0.2) is 41.4 Å². The third-order valence-electron chi connectivity index (χ3n) is 8.24. The molecule has 1 saturated carbocycles. The predicted octanol–water partition coefficient (Wildman–Crippen LogP) is 4.22. The molecule has 2 amide bonds. The van der Waals surface area contributed by atoms with E-state index in [4.69, 9.17) is 0 Å². The maximum atomic E-state index is 13.9. The highest BCUT2D eigenvalue weighted by atomic mass is 79.9. The number of nitrogens with zero attached hydrogens (tertiary/aromatic N) is 7. The summed E-state index contributed by atoms with van der Waals surface area (Å²) in [6.45, 7) is 4.29. The van der Waals surface area contributed by atoms with Crippen LogP contribution < -0.4 is 5.32 Å². The topological polar surface area (TPSA) is 136 Å². The lowest BCUT2D eigenvalue weighted by atomic mass is 9.96. The summed E-state index contributed by atoms with van der Waals surface area (Å²) in [6.07, 6.45) is 6.17. The minimum absolute atomic E-state index is 0.208. The number of amides is 2. The molecular weight excluding hydrogens is 607 g/mol. The molecule has 2 fully saturated rings. The van der Waals surface area contributed by atoms with Crippen molar-refractivity contribution < 1.29 is 18.8 Å². The Hall–Kier alpha value is -4.13. The van der Waals surface area contributed by atoms with Crippen LogP contribution in [0.4, 0.5) is 10.2 Å². The van der Waals surface area contributed by atoms with Crippen molar-refractivity contribution in [2.75, 3.05) is 12.0 Å². The van der Waals surface area contributed by atoms with E-state index in [1.807, 2.05) is 13.0 Å². The van der Waals surface area contributed by atoms with Crippen LogP contribution in [-0.4, -0.2) is 71.0 Å². The van der Waals surface area contributed by atoms with Crippen molar-refractivity contribution in [2.45, 2.75) is 58.7 Å². The number of carbonyl (C=O) groups is 3. The van der Waals surface area contributed by atoms with Crippen LogP contribution in [0, 0.1) is 19.3 Å². The van der Waals surface area contributed by atoms with Crippen LogP contribution in [-0.2, 0) is 16.1 Å². The van der Waals surface area contributed by atoms with Crippen molar-refractivity contribution in [1.29, 1.82) is 0 Å². The zero-order valence-electron chi connectivity index (χ0n) is 23.3. The van der Waals surface area contributed by atoms with E-state index in [1.54, 1.807) is 42.5 Å². The van der Waals surface area contributed by atoms with Crippen LogP contribution in [0.25, 0.3) is 22.2 Å². The van der Waals surface area contributed by atoms with Crippen molar-refractivity contribution in [3.8, 4) is 11.3 Å². The number of pyridine rings is 2. The average molecular weight is 635 g/mol. The quantitative estimate of drug-likeness (QED) is 0.225. The molecule has 11 nitrogen and oxygen atoms in total. The number of Topliss-reactive ketones (excluding diaryl/α,β-unsaturated/α-hetero) is 1. The van der Waals surface area contributed by atoms with E-state index in [0.29, 0.717) is 51.2 Å². The van der Waals surface area contributed by atoms with Gasteiger partial charge in [-0.1, -0.05) is 6.07 Å². The highest BCUT2D eigenvalue weighted by molar-refractivity contribution is 9.10. The molecule has 5 heterocycles. The molecule has 6 rings (SSSR count). The van der Waals surface area contributed by atoms with Crippen molar-refractivity contribution in [3.63, 3.8) is 0 Å². The predicted molar refractivity (Wildman–Crippen MR) is 155 cm³/mol. The molecule has 4 aromatic rings. The number of rotatable bonds is 8. The minimum Gasteiger partial charge on any atom is -0.325 e. The number of alkyl halides is 1. The van der Waals surface area contributed by atoms with Crippen molar-refractivity contribution in [2.24, 2.45) is 5.41 Å². The van der Waals surface area contributed by atoms with Crippen molar-refractivity contribution >= 4 is 50.2 Å². The van der Waals surface area contributed by atoms with Gasteiger partial charge in [0.2, 0.25) is 11.8 Å². The first-order valence-electron chi connectivity index (χ1n) is 13.6. The lowest BCUT2D eigenvalue weighted by molar-refractivity contribution is -0.138. The second-order valence-electron chi connectivity index (χ2n) is 11.0. The summed E-state index contributed by atoms with van der Waals surface area (Å²) in [5.41, 5.74) is 2.31. The Balaban J connectivity index is 1.30. The number of likely N-dealkylation sites (tertiary alicyclic amines) is 1. The average Bonchev–Trinajstić information content (AvgIpc) is 3.36. The standard InChI is InChI=1S/C29H28BrFN8O3/c1-15-4-5-24(30)35-27(15)36-28(42)21-9-29(6-7-31)10-23(29)39(21)25(41)14-38-22-13-34-20(18-11-32-17(3)33-12-18)8-19(22)26(37-38)16(2)40/h4-5,8,11-13,21,23H,6-7,9-10,14H2,1-3H3,(H,35,36,42)/t21-,23+,29-/m0/s1. The first kappa shape index (κ1) is 28.0. The number of aryl methyl sites for hydroxylation is 2. The van der Waals surface area contributed by atoms with E-state index in [9.17, 15) is 18.8 Å². The van der Waals surface area contributed by atoms with Crippen LogP contribution in [0.1, 0.15) is 48.1 Å². The van der Waals surface area contributed by atoms with E-state index in [2.05, 4.69) is 46.3 Å². The summed E-state index contributed by atoms with van der Waals surface area (Å²) in [6, 6.07) is 4.31. The van der Waals surface area contributed by atoms with Gasteiger partial charge in [-0.25, -0.2) is 15.0 Å². The van der Waals surface area contributed by atoms with Gasteiger partial charge in [0.25, 0.3) is 0 Å². The van der Waals surface area contributed by atoms with Crippen LogP contribution in [0.3, 0.4) is 0 Å². The third kappa shape index (κ3) is 4.95. The number of hydrogen-bond donors (Lipinski definition) is 1. The highest BCUT2D eigenvalue weighted by Gasteiger charge is 2.66. The van der Waals surface area contributed by atoms with E-state index in [0.717, 1.165) is 5.56 Å². The van der Waals surface area contributed by atoms with Gasteiger partial charge in [0.1, 0.15) is 34.5 Å². The Morgan fingerprint density at radius 3 is 2.60 bits per heavy atom. The molecule has 0 unspecified atom stereocenters. The fourth-order valence-corrected chi connectivity index (χ4v) is 6.25. The van der Waals surface area contributed by atoms with Gasteiger partial charge in [-0.2, -0.15) is 5.10 Å². The van der Waals surface area contributed by atoms with Gasteiger partial charge in [-0.3, -0.25) is 28.4 Å². The summed E-state index contributed by atoms with van der Waals surface area (Å²) in [7, 11) is 0. The summed E-state index contributed by atoms with van der Waals surface area (Å²) >= 11 is 3.33. The minimum atomic E-state index is -0.789. The lowest BCUT2D eigenvalue weighted by Gasteiger charge is -2.27. The second-order valence-corrected chi connectivity index (χ2v) is 11.8. The molecule has 13 heteroatoms. The normalized spacial score (nSPS) is 20.9.